The molecule has 0 aromatic heterocycles. The highest BCUT2D eigenvalue weighted by molar-refractivity contribution is 7.98. The Hall–Kier alpha value is -0.830. The highest BCUT2D eigenvalue weighted by Gasteiger charge is 2.65. The molecule has 4 aliphatic carbocycles. The van der Waals surface area contributed by atoms with Gasteiger partial charge in [-0.1, -0.05) is 20.8 Å². The minimum atomic E-state index is -0.977. The monoisotopic (exact) mass is 539 g/mol. The third-order valence-electron chi connectivity index (χ3n) is 11.6. The van der Waals surface area contributed by atoms with Gasteiger partial charge in [-0.05, 0) is 116 Å². The van der Waals surface area contributed by atoms with Crippen LogP contribution in [0.25, 0.3) is 0 Å². The molecule has 4 aliphatic rings. The van der Waals surface area contributed by atoms with Crippen molar-refractivity contribution in [3.8, 4) is 0 Å². The molecule has 0 aromatic carbocycles. The summed E-state index contributed by atoms with van der Waals surface area (Å²) in [4.78, 5) is 24.1. The molecule has 8 heteroatoms. The second-order valence-corrected chi connectivity index (χ2v) is 14.3. The maximum atomic E-state index is 12.6. The number of rotatable bonds is 9. The fourth-order valence-corrected chi connectivity index (χ4v) is 10.0. The van der Waals surface area contributed by atoms with E-state index in [0.717, 1.165) is 44.9 Å². The summed E-state index contributed by atoms with van der Waals surface area (Å²) < 4.78 is 0. The van der Waals surface area contributed by atoms with Crippen molar-refractivity contribution in [1.29, 1.82) is 0 Å². The number of hydrogen-bond donors (Lipinski definition) is 5. The van der Waals surface area contributed by atoms with E-state index in [-0.39, 0.29) is 34.7 Å². The lowest BCUT2D eigenvalue weighted by molar-refractivity contribution is -0.223. The molecule has 7 nitrogen and oxygen atoms in total. The molecule has 12 atom stereocenters. The summed E-state index contributed by atoms with van der Waals surface area (Å²) in [7, 11) is 0. The summed E-state index contributed by atoms with van der Waals surface area (Å²) in [5.74, 6) is 1.06. The molecule has 0 saturated heterocycles. The normalized spacial score (nSPS) is 44.7. The summed E-state index contributed by atoms with van der Waals surface area (Å²) in [5.41, 5.74) is 0.0275. The smallest absolute Gasteiger partial charge is 0.326 e. The van der Waals surface area contributed by atoms with Crippen LogP contribution in [0, 0.1) is 46.3 Å². The number of carboxylic acids is 1. The number of carbonyl (C=O) groups is 2. The summed E-state index contributed by atoms with van der Waals surface area (Å²) in [6, 6.07) is -0.829. The predicted molar refractivity (Wildman–Crippen MR) is 145 cm³/mol. The molecule has 0 heterocycles. The van der Waals surface area contributed by atoms with Crippen molar-refractivity contribution < 1.29 is 30.0 Å². The fraction of sp³-hybridized carbons (Fsp3) is 0.931. The lowest BCUT2D eigenvalue weighted by atomic mass is 9.43. The second-order valence-electron chi connectivity index (χ2n) is 13.3. The average molecular weight is 540 g/mol. The van der Waals surface area contributed by atoms with Gasteiger partial charge >= 0.3 is 5.97 Å². The Balaban J connectivity index is 1.42. The highest BCUT2D eigenvalue weighted by atomic mass is 32.2. The van der Waals surface area contributed by atoms with Gasteiger partial charge in [0, 0.05) is 6.42 Å². The Morgan fingerprint density at radius 3 is 2.30 bits per heavy atom. The maximum absolute atomic E-state index is 12.6. The number of carboxylic acid groups (broad SMARTS) is 1. The van der Waals surface area contributed by atoms with Gasteiger partial charge in [-0.15, -0.1) is 0 Å². The molecule has 0 aromatic rings. The van der Waals surface area contributed by atoms with Crippen molar-refractivity contribution in [1.82, 2.24) is 5.32 Å². The van der Waals surface area contributed by atoms with Gasteiger partial charge in [0.2, 0.25) is 5.91 Å². The Morgan fingerprint density at radius 2 is 1.62 bits per heavy atom. The Kier molecular flexibility index (Phi) is 8.94. The van der Waals surface area contributed by atoms with Crippen molar-refractivity contribution in [2.45, 2.75) is 109 Å². The van der Waals surface area contributed by atoms with Crippen LogP contribution in [0.15, 0.2) is 0 Å². The van der Waals surface area contributed by atoms with E-state index in [0.29, 0.717) is 48.7 Å². The van der Waals surface area contributed by atoms with Crippen molar-refractivity contribution in [3.63, 3.8) is 0 Å². The molecule has 0 radical (unpaired) electrons. The Labute approximate surface area is 226 Å². The number of aliphatic hydroxyl groups is 3. The highest BCUT2D eigenvalue weighted by Crippen LogP contribution is 2.68. The number of nitrogens with one attached hydrogen (secondary N) is 1. The average Bonchev–Trinajstić information content (AvgIpc) is 3.21. The predicted octanol–water partition coefficient (Wildman–Crippen LogP) is 3.69. The lowest BCUT2D eigenvalue weighted by Gasteiger charge is -2.63. The van der Waals surface area contributed by atoms with Crippen molar-refractivity contribution in [2.75, 3.05) is 12.0 Å². The third kappa shape index (κ3) is 5.33. The van der Waals surface area contributed by atoms with Crippen molar-refractivity contribution >= 4 is 23.6 Å². The van der Waals surface area contributed by atoms with E-state index in [1.165, 1.54) is 0 Å². The second kappa shape index (κ2) is 11.3. The minimum Gasteiger partial charge on any atom is -0.480 e. The first-order chi connectivity index (χ1) is 17.4. The van der Waals surface area contributed by atoms with Gasteiger partial charge in [-0.2, -0.15) is 11.8 Å². The third-order valence-corrected chi connectivity index (χ3v) is 12.2. The number of carbonyl (C=O) groups excluding carboxylic acids is 1. The zero-order valence-electron chi connectivity index (χ0n) is 23.1. The largest absolute Gasteiger partial charge is 0.480 e. The molecule has 0 spiro atoms. The van der Waals surface area contributed by atoms with Gasteiger partial charge in [0.1, 0.15) is 6.04 Å². The number of fused-ring (bicyclic) bond motifs is 5. The van der Waals surface area contributed by atoms with Crippen LogP contribution >= 0.6 is 11.8 Å². The van der Waals surface area contributed by atoms with Gasteiger partial charge in [0.15, 0.2) is 0 Å². The quantitative estimate of drug-likeness (QED) is 0.302. The molecule has 4 fully saturated rings. The molecule has 4 rings (SSSR count). The standard InChI is InChI=1S/C29H49NO6S/c1-16(5-8-23(32)30-22(27(35)36)11-14-37-4)18-6-7-19-24-20(10-13-28(18,19)2)29(3)12-9-17(31)15-21(29)25(33)26(24)34/h16-22,24-26,31,33-34H,5-15H2,1-4H3,(H,30,32)(H,35,36). The van der Waals surface area contributed by atoms with Gasteiger partial charge in [-0.3, -0.25) is 4.79 Å². The Morgan fingerprint density at radius 1 is 0.946 bits per heavy atom. The van der Waals surface area contributed by atoms with Crippen molar-refractivity contribution in [2.24, 2.45) is 46.3 Å². The summed E-state index contributed by atoms with van der Waals surface area (Å²) in [6.45, 7) is 6.91. The first-order valence-electron chi connectivity index (χ1n) is 14.5. The van der Waals surface area contributed by atoms with Crippen LogP contribution in [0.3, 0.4) is 0 Å². The van der Waals surface area contributed by atoms with Crippen LogP contribution in [-0.4, -0.2) is 68.7 Å². The van der Waals surface area contributed by atoms with Crippen LogP contribution in [0.4, 0.5) is 0 Å². The van der Waals surface area contributed by atoms with E-state index in [9.17, 15) is 30.0 Å². The van der Waals surface area contributed by atoms with Gasteiger partial charge in [0.05, 0.1) is 18.3 Å². The van der Waals surface area contributed by atoms with Gasteiger partial charge in [-0.25, -0.2) is 4.79 Å². The van der Waals surface area contributed by atoms with Crippen LogP contribution in [0.1, 0.15) is 85.0 Å². The molecule has 12 unspecified atom stereocenters. The van der Waals surface area contributed by atoms with E-state index in [1.807, 2.05) is 6.26 Å². The molecular weight excluding hydrogens is 490 g/mol. The fourth-order valence-electron chi connectivity index (χ4n) is 9.53. The zero-order chi connectivity index (χ0) is 27.1. The molecule has 4 saturated carbocycles. The SMILES string of the molecule is CSCCC(NC(=O)CCC(C)C1CCC2C3C(O)C(O)C4CC(O)CCC4(C)C3CCC12C)C(=O)O. The van der Waals surface area contributed by atoms with Crippen molar-refractivity contribution in [3.05, 3.63) is 0 Å². The van der Waals surface area contributed by atoms with Gasteiger partial charge < -0.3 is 25.7 Å². The molecule has 0 aliphatic heterocycles. The number of aliphatic hydroxyl groups excluding tert-OH is 3. The zero-order valence-corrected chi connectivity index (χ0v) is 23.9. The van der Waals surface area contributed by atoms with E-state index in [2.05, 4.69) is 26.1 Å². The molecular formula is C29H49NO6S. The lowest BCUT2D eigenvalue weighted by Crippen LogP contribution is -2.64. The summed E-state index contributed by atoms with van der Waals surface area (Å²) in [6.07, 6.45) is 8.05. The summed E-state index contributed by atoms with van der Waals surface area (Å²) in [5, 5.41) is 45.1. The molecule has 5 N–H and O–H groups in total. The van der Waals surface area contributed by atoms with E-state index in [4.69, 9.17) is 0 Å². The van der Waals surface area contributed by atoms with E-state index in [1.54, 1.807) is 11.8 Å². The van der Waals surface area contributed by atoms with Crippen LogP contribution in [0.5, 0.6) is 0 Å². The van der Waals surface area contributed by atoms with Crippen LogP contribution in [-0.2, 0) is 9.59 Å². The van der Waals surface area contributed by atoms with Crippen LogP contribution < -0.4 is 5.32 Å². The molecule has 1 amide bonds. The number of aliphatic carboxylic acids is 1. The first kappa shape index (κ1) is 29.2. The number of hydrogen-bond acceptors (Lipinski definition) is 6. The topological polar surface area (TPSA) is 127 Å². The van der Waals surface area contributed by atoms with Gasteiger partial charge in [0.25, 0.3) is 0 Å². The molecule has 0 bridgehead atoms. The van der Waals surface area contributed by atoms with E-state index >= 15 is 0 Å². The number of thioether (sulfide) groups is 1. The molecule has 212 valence electrons. The first-order valence-corrected chi connectivity index (χ1v) is 15.9. The summed E-state index contributed by atoms with van der Waals surface area (Å²) >= 11 is 1.57. The Bertz CT molecular complexity index is 841. The van der Waals surface area contributed by atoms with E-state index < -0.39 is 24.2 Å². The van der Waals surface area contributed by atoms with Crippen LogP contribution in [0.2, 0.25) is 0 Å². The molecule has 37 heavy (non-hydrogen) atoms. The number of amides is 1. The minimum absolute atomic E-state index is 0.0391. The maximum Gasteiger partial charge on any atom is 0.326 e.